The molecule has 0 aromatic carbocycles. The Morgan fingerprint density at radius 1 is 1.18 bits per heavy atom. The zero-order valence-electron chi connectivity index (χ0n) is 11.8. The van der Waals surface area contributed by atoms with Crippen LogP contribution in [0.2, 0.25) is 0 Å². The van der Waals surface area contributed by atoms with Crippen molar-refractivity contribution in [2.45, 2.75) is 58.4 Å². The van der Waals surface area contributed by atoms with Gasteiger partial charge in [-0.3, -0.25) is 0 Å². The summed E-state index contributed by atoms with van der Waals surface area (Å²) in [5.41, 5.74) is 0. The van der Waals surface area contributed by atoms with Gasteiger partial charge in [0, 0.05) is 12.6 Å². The van der Waals surface area contributed by atoms with Crippen molar-refractivity contribution >= 4 is 0 Å². The summed E-state index contributed by atoms with van der Waals surface area (Å²) in [4.78, 5) is 2.72. The van der Waals surface area contributed by atoms with Gasteiger partial charge in [-0.2, -0.15) is 0 Å². The molecule has 2 nitrogen and oxygen atoms in total. The summed E-state index contributed by atoms with van der Waals surface area (Å²) < 4.78 is 0. The number of piperidine rings is 1. The van der Waals surface area contributed by atoms with E-state index in [0.717, 1.165) is 17.9 Å². The maximum Gasteiger partial charge on any atom is 0.00679 e. The summed E-state index contributed by atoms with van der Waals surface area (Å²) in [6, 6.07) is 0.723. The number of nitrogens with zero attached hydrogens (tertiary/aromatic N) is 1. The molecule has 2 fully saturated rings. The summed E-state index contributed by atoms with van der Waals surface area (Å²) in [6.45, 7) is 9.90. The molecule has 2 aliphatic rings. The Kier molecular flexibility index (Phi) is 5.30. The highest BCUT2D eigenvalue weighted by Gasteiger charge is 2.26. The van der Waals surface area contributed by atoms with Gasteiger partial charge in [-0.1, -0.05) is 13.3 Å². The van der Waals surface area contributed by atoms with Crippen LogP contribution in [0.1, 0.15) is 52.4 Å². The summed E-state index contributed by atoms with van der Waals surface area (Å²) in [6.07, 6.45) is 8.54. The third kappa shape index (κ3) is 3.96. The lowest BCUT2D eigenvalue weighted by molar-refractivity contribution is 0.120. The first-order chi connectivity index (χ1) is 8.29. The molecule has 0 amide bonds. The minimum Gasteiger partial charge on any atom is -0.314 e. The molecule has 1 unspecified atom stereocenters. The van der Waals surface area contributed by atoms with Gasteiger partial charge in [-0.15, -0.1) is 0 Å². The average Bonchev–Trinajstić information content (AvgIpc) is 2.31. The molecule has 0 bridgehead atoms. The molecular formula is C15H30N2. The van der Waals surface area contributed by atoms with Gasteiger partial charge in [0.2, 0.25) is 0 Å². The van der Waals surface area contributed by atoms with Crippen LogP contribution in [-0.2, 0) is 0 Å². The number of hydrogen-bond acceptors (Lipinski definition) is 2. The molecule has 0 aromatic rings. The molecule has 0 aromatic heterocycles. The molecule has 1 saturated heterocycles. The Bertz CT molecular complexity index is 205. The zero-order chi connectivity index (χ0) is 12.1. The lowest BCUT2D eigenvalue weighted by atomic mass is 9.84. The Morgan fingerprint density at radius 2 is 1.88 bits per heavy atom. The summed E-state index contributed by atoms with van der Waals surface area (Å²) in [5.74, 6) is 1.96. The van der Waals surface area contributed by atoms with E-state index in [1.54, 1.807) is 0 Å². The summed E-state index contributed by atoms with van der Waals surface area (Å²) in [7, 11) is 0. The van der Waals surface area contributed by atoms with Crippen LogP contribution in [0.4, 0.5) is 0 Å². The SMILES string of the molecule is CCCNC(C)C1CCN(CC2CCC2)CC1. The fourth-order valence-electron chi connectivity index (χ4n) is 3.21. The van der Waals surface area contributed by atoms with E-state index in [4.69, 9.17) is 0 Å². The molecule has 1 aliphatic carbocycles. The van der Waals surface area contributed by atoms with Crippen molar-refractivity contribution in [3.63, 3.8) is 0 Å². The molecule has 1 aliphatic heterocycles. The van der Waals surface area contributed by atoms with Crippen LogP contribution >= 0.6 is 0 Å². The lowest BCUT2D eigenvalue weighted by Gasteiger charge is -2.38. The molecule has 2 heteroatoms. The largest absolute Gasteiger partial charge is 0.314 e. The molecule has 1 atom stereocenters. The van der Waals surface area contributed by atoms with Crippen LogP contribution in [0.3, 0.4) is 0 Å². The zero-order valence-corrected chi connectivity index (χ0v) is 11.8. The van der Waals surface area contributed by atoms with Gasteiger partial charge in [0.05, 0.1) is 0 Å². The third-order valence-corrected chi connectivity index (χ3v) is 4.80. The number of rotatable bonds is 6. The van der Waals surface area contributed by atoms with Crippen molar-refractivity contribution in [2.24, 2.45) is 11.8 Å². The highest BCUT2D eigenvalue weighted by Crippen LogP contribution is 2.29. The van der Waals surface area contributed by atoms with Crippen LogP contribution in [0.25, 0.3) is 0 Å². The normalized spacial score (nSPS) is 25.8. The molecular weight excluding hydrogens is 208 g/mol. The minimum absolute atomic E-state index is 0.723. The van der Waals surface area contributed by atoms with Crippen molar-refractivity contribution in [1.29, 1.82) is 0 Å². The second kappa shape index (κ2) is 6.75. The van der Waals surface area contributed by atoms with E-state index in [0.29, 0.717) is 0 Å². The summed E-state index contributed by atoms with van der Waals surface area (Å²) in [5, 5.41) is 3.66. The van der Waals surface area contributed by atoms with E-state index in [-0.39, 0.29) is 0 Å². The topological polar surface area (TPSA) is 15.3 Å². The van der Waals surface area contributed by atoms with E-state index in [1.807, 2.05) is 0 Å². The highest BCUT2D eigenvalue weighted by molar-refractivity contribution is 4.82. The van der Waals surface area contributed by atoms with Crippen molar-refractivity contribution < 1.29 is 0 Å². The maximum atomic E-state index is 3.66. The average molecular weight is 238 g/mol. The third-order valence-electron chi connectivity index (χ3n) is 4.80. The quantitative estimate of drug-likeness (QED) is 0.765. The van der Waals surface area contributed by atoms with Gasteiger partial charge in [-0.05, 0) is 70.5 Å². The smallest absolute Gasteiger partial charge is 0.00679 e. The van der Waals surface area contributed by atoms with Gasteiger partial charge in [0.25, 0.3) is 0 Å². The lowest BCUT2D eigenvalue weighted by Crippen LogP contribution is -2.44. The van der Waals surface area contributed by atoms with Crippen LogP contribution in [-0.4, -0.2) is 37.1 Å². The molecule has 100 valence electrons. The minimum atomic E-state index is 0.723. The number of nitrogens with one attached hydrogen (secondary N) is 1. The molecule has 2 rings (SSSR count). The first kappa shape index (κ1) is 13.4. The van der Waals surface area contributed by atoms with Crippen molar-refractivity contribution in [2.75, 3.05) is 26.2 Å². The standard InChI is InChI=1S/C15H30N2/c1-3-9-16-13(2)15-7-10-17(11-8-15)12-14-5-4-6-14/h13-16H,3-12H2,1-2H3. The summed E-state index contributed by atoms with van der Waals surface area (Å²) >= 11 is 0. The Hall–Kier alpha value is -0.0800. The fraction of sp³-hybridized carbons (Fsp3) is 1.00. The van der Waals surface area contributed by atoms with E-state index < -0.39 is 0 Å². The van der Waals surface area contributed by atoms with E-state index in [2.05, 4.69) is 24.1 Å². The molecule has 1 N–H and O–H groups in total. The van der Waals surface area contributed by atoms with Crippen molar-refractivity contribution in [1.82, 2.24) is 10.2 Å². The fourth-order valence-corrected chi connectivity index (χ4v) is 3.21. The first-order valence-corrected chi connectivity index (χ1v) is 7.75. The van der Waals surface area contributed by atoms with Crippen molar-refractivity contribution in [3.8, 4) is 0 Å². The van der Waals surface area contributed by atoms with Gasteiger partial charge in [-0.25, -0.2) is 0 Å². The van der Waals surface area contributed by atoms with Crippen LogP contribution in [0, 0.1) is 11.8 Å². The molecule has 1 saturated carbocycles. The first-order valence-electron chi connectivity index (χ1n) is 7.75. The second-order valence-corrected chi connectivity index (χ2v) is 6.18. The van der Waals surface area contributed by atoms with Crippen LogP contribution in [0.15, 0.2) is 0 Å². The second-order valence-electron chi connectivity index (χ2n) is 6.18. The molecule has 1 heterocycles. The van der Waals surface area contributed by atoms with Gasteiger partial charge in [0.15, 0.2) is 0 Å². The van der Waals surface area contributed by atoms with Crippen LogP contribution in [0.5, 0.6) is 0 Å². The molecule has 0 spiro atoms. The highest BCUT2D eigenvalue weighted by atomic mass is 15.1. The predicted molar refractivity (Wildman–Crippen MR) is 74.3 cm³/mol. The van der Waals surface area contributed by atoms with E-state index >= 15 is 0 Å². The maximum absolute atomic E-state index is 3.66. The van der Waals surface area contributed by atoms with E-state index in [1.165, 1.54) is 64.7 Å². The van der Waals surface area contributed by atoms with Crippen molar-refractivity contribution in [3.05, 3.63) is 0 Å². The molecule has 17 heavy (non-hydrogen) atoms. The van der Waals surface area contributed by atoms with Crippen LogP contribution < -0.4 is 5.32 Å². The Balaban J connectivity index is 1.62. The van der Waals surface area contributed by atoms with Gasteiger partial charge < -0.3 is 10.2 Å². The Morgan fingerprint density at radius 3 is 2.41 bits per heavy atom. The van der Waals surface area contributed by atoms with Gasteiger partial charge >= 0.3 is 0 Å². The van der Waals surface area contributed by atoms with E-state index in [9.17, 15) is 0 Å². The van der Waals surface area contributed by atoms with Gasteiger partial charge in [0.1, 0.15) is 0 Å². The molecule has 0 radical (unpaired) electrons. The number of hydrogen-bond donors (Lipinski definition) is 1. The monoisotopic (exact) mass is 238 g/mol. The number of likely N-dealkylation sites (tertiary alicyclic amines) is 1. The Labute approximate surface area is 107 Å². The predicted octanol–water partition coefficient (Wildman–Crippen LogP) is 2.89.